The van der Waals surface area contributed by atoms with Crippen molar-refractivity contribution >= 4 is 12.4 Å². The Morgan fingerprint density at radius 1 is 1.14 bits per heavy atom. The fourth-order valence-corrected chi connectivity index (χ4v) is 2.95. The molecule has 1 aliphatic heterocycles. The number of piperidine rings is 1. The predicted molar refractivity (Wildman–Crippen MR) is 90.4 cm³/mol. The lowest BCUT2D eigenvalue weighted by Gasteiger charge is -2.36. The summed E-state index contributed by atoms with van der Waals surface area (Å²) < 4.78 is 16.2. The average Bonchev–Trinajstić information content (AvgIpc) is 2.49. The molecule has 1 aromatic carbocycles. The summed E-state index contributed by atoms with van der Waals surface area (Å²) in [7, 11) is 4.90. The second kappa shape index (κ2) is 8.46. The molecule has 22 heavy (non-hydrogen) atoms. The van der Waals surface area contributed by atoms with Gasteiger partial charge in [-0.25, -0.2) is 0 Å². The molecule has 1 aromatic rings. The van der Waals surface area contributed by atoms with Crippen molar-refractivity contribution in [2.75, 3.05) is 27.9 Å². The van der Waals surface area contributed by atoms with Crippen LogP contribution in [0.5, 0.6) is 17.2 Å². The van der Waals surface area contributed by atoms with Gasteiger partial charge in [0.1, 0.15) is 0 Å². The van der Waals surface area contributed by atoms with Gasteiger partial charge < -0.3 is 19.9 Å². The zero-order valence-corrected chi connectivity index (χ0v) is 14.6. The molecule has 126 valence electrons. The van der Waals surface area contributed by atoms with Crippen molar-refractivity contribution in [3.05, 3.63) is 17.7 Å². The maximum absolute atomic E-state index is 6.03. The quantitative estimate of drug-likeness (QED) is 0.898. The van der Waals surface area contributed by atoms with Gasteiger partial charge in [-0.1, -0.05) is 0 Å². The Morgan fingerprint density at radius 3 is 2.18 bits per heavy atom. The number of benzene rings is 1. The molecule has 2 rings (SSSR count). The number of likely N-dealkylation sites (tertiary alicyclic amines) is 1. The van der Waals surface area contributed by atoms with E-state index in [0.717, 1.165) is 31.5 Å². The lowest BCUT2D eigenvalue weighted by Crippen LogP contribution is -2.44. The number of halogens is 1. The lowest BCUT2D eigenvalue weighted by atomic mass is 9.98. The molecule has 1 aliphatic rings. The molecule has 0 aromatic heterocycles. The highest BCUT2D eigenvalue weighted by Gasteiger charge is 2.24. The number of nitrogens with zero attached hydrogens (tertiary/aromatic N) is 1. The molecular formula is C16H27ClN2O3. The van der Waals surface area contributed by atoms with Crippen molar-refractivity contribution in [3.8, 4) is 17.2 Å². The van der Waals surface area contributed by atoms with Crippen molar-refractivity contribution in [1.29, 1.82) is 0 Å². The summed E-state index contributed by atoms with van der Waals surface area (Å²) in [5.74, 6) is 2.04. The second-order valence-corrected chi connectivity index (χ2v) is 5.64. The Bertz CT molecular complexity index is 459. The summed E-state index contributed by atoms with van der Waals surface area (Å²) in [5, 5.41) is 0. The van der Waals surface area contributed by atoms with Gasteiger partial charge in [0.25, 0.3) is 0 Å². The van der Waals surface area contributed by atoms with Gasteiger partial charge in [-0.05, 0) is 37.5 Å². The summed E-state index contributed by atoms with van der Waals surface area (Å²) in [6, 6.07) is 4.86. The van der Waals surface area contributed by atoms with Gasteiger partial charge in [-0.2, -0.15) is 0 Å². The van der Waals surface area contributed by atoms with Crippen LogP contribution < -0.4 is 19.9 Å². The Hall–Kier alpha value is -1.17. The molecule has 0 aliphatic carbocycles. The molecule has 1 fully saturated rings. The molecule has 0 bridgehead atoms. The van der Waals surface area contributed by atoms with Crippen molar-refractivity contribution in [1.82, 2.24) is 4.90 Å². The van der Waals surface area contributed by atoms with Crippen LogP contribution in [0.1, 0.15) is 25.3 Å². The predicted octanol–water partition coefficient (Wildman–Crippen LogP) is 2.45. The average molecular weight is 331 g/mol. The van der Waals surface area contributed by atoms with E-state index in [0.29, 0.717) is 29.3 Å². The summed E-state index contributed by atoms with van der Waals surface area (Å²) >= 11 is 0. The summed E-state index contributed by atoms with van der Waals surface area (Å²) in [6.45, 7) is 4.13. The van der Waals surface area contributed by atoms with Crippen LogP contribution in [-0.2, 0) is 6.54 Å². The molecule has 0 amide bonds. The van der Waals surface area contributed by atoms with Gasteiger partial charge >= 0.3 is 0 Å². The van der Waals surface area contributed by atoms with E-state index in [-0.39, 0.29) is 12.4 Å². The SMILES string of the molecule is COc1cc(CN2CCC(N)CC2C)cc(OC)c1OC.Cl. The van der Waals surface area contributed by atoms with Crippen LogP contribution in [0, 0.1) is 0 Å². The third kappa shape index (κ3) is 4.18. The normalized spacial score (nSPS) is 21.9. The van der Waals surface area contributed by atoms with E-state index in [2.05, 4.69) is 11.8 Å². The molecule has 6 heteroatoms. The third-order valence-electron chi connectivity index (χ3n) is 4.16. The first-order valence-electron chi connectivity index (χ1n) is 7.37. The van der Waals surface area contributed by atoms with Crippen molar-refractivity contribution in [2.45, 2.75) is 38.4 Å². The third-order valence-corrected chi connectivity index (χ3v) is 4.16. The first-order valence-corrected chi connectivity index (χ1v) is 7.37. The maximum atomic E-state index is 6.03. The molecule has 0 radical (unpaired) electrons. The molecule has 1 saturated heterocycles. The highest BCUT2D eigenvalue weighted by Crippen LogP contribution is 2.38. The first-order chi connectivity index (χ1) is 10.1. The Morgan fingerprint density at radius 2 is 1.73 bits per heavy atom. The number of methoxy groups -OCH3 is 3. The lowest BCUT2D eigenvalue weighted by molar-refractivity contribution is 0.139. The van der Waals surface area contributed by atoms with E-state index >= 15 is 0 Å². The zero-order chi connectivity index (χ0) is 15.4. The molecule has 2 unspecified atom stereocenters. The maximum Gasteiger partial charge on any atom is 0.203 e. The Balaban J connectivity index is 0.00000242. The fraction of sp³-hybridized carbons (Fsp3) is 0.625. The molecule has 2 N–H and O–H groups in total. The van der Waals surface area contributed by atoms with Crippen LogP contribution in [0.15, 0.2) is 12.1 Å². The molecule has 5 nitrogen and oxygen atoms in total. The second-order valence-electron chi connectivity index (χ2n) is 5.64. The fourth-order valence-electron chi connectivity index (χ4n) is 2.95. The van der Waals surface area contributed by atoms with Gasteiger partial charge in [-0.15, -0.1) is 12.4 Å². The van der Waals surface area contributed by atoms with Crippen LogP contribution in [-0.4, -0.2) is 44.9 Å². The number of ether oxygens (including phenoxy) is 3. The summed E-state index contributed by atoms with van der Waals surface area (Å²) in [4.78, 5) is 2.45. The minimum atomic E-state index is 0. The van der Waals surface area contributed by atoms with E-state index in [4.69, 9.17) is 19.9 Å². The minimum Gasteiger partial charge on any atom is -0.493 e. The first kappa shape index (κ1) is 18.9. The summed E-state index contributed by atoms with van der Waals surface area (Å²) in [6.07, 6.45) is 2.10. The minimum absolute atomic E-state index is 0. The monoisotopic (exact) mass is 330 g/mol. The van der Waals surface area contributed by atoms with Crippen LogP contribution in [0.3, 0.4) is 0 Å². The van der Waals surface area contributed by atoms with Crippen LogP contribution in [0.25, 0.3) is 0 Å². The van der Waals surface area contributed by atoms with Crippen LogP contribution in [0.2, 0.25) is 0 Å². The Kier molecular flexibility index (Phi) is 7.26. The standard InChI is InChI=1S/C16H26N2O3.ClH/c1-11-7-13(17)5-6-18(11)10-12-8-14(19-2)16(21-4)15(9-12)20-3;/h8-9,11,13H,5-7,10,17H2,1-4H3;1H. The van der Waals surface area contributed by atoms with Gasteiger partial charge in [-0.3, -0.25) is 4.90 Å². The van der Waals surface area contributed by atoms with E-state index in [1.165, 1.54) is 0 Å². The number of hydrogen-bond acceptors (Lipinski definition) is 5. The van der Waals surface area contributed by atoms with E-state index in [1.54, 1.807) is 21.3 Å². The zero-order valence-electron chi connectivity index (χ0n) is 13.8. The van der Waals surface area contributed by atoms with Crippen LogP contribution >= 0.6 is 12.4 Å². The van der Waals surface area contributed by atoms with Gasteiger partial charge in [0.15, 0.2) is 11.5 Å². The molecule has 1 heterocycles. The Labute approximate surface area is 139 Å². The van der Waals surface area contributed by atoms with Gasteiger partial charge in [0.2, 0.25) is 5.75 Å². The van der Waals surface area contributed by atoms with E-state index < -0.39 is 0 Å². The number of rotatable bonds is 5. The van der Waals surface area contributed by atoms with Crippen molar-refractivity contribution in [3.63, 3.8) is 0 Å². The number of nitrogens with two attached hydrogens (primary N) is 1. The largest absolute Gasteiger partial charge is 0.493 e. The molecular weight excluding hydrogens is 304 g/mol. The van der Waals surface area contributed by atoms with Gasteiger partial charge in [0.05, 0.1) is 21.3 Å². The number of hydrogen-bond donors (Lipinski definition) is 1. The van der Waals surface area contributed by atoms with Crippen molar-refractivity contribution < 1.29 is 14.2 Å². The molecule has 2 atom stereocenters. The molecule has 0 saturated carbocycles. The van der Waals surface area contributed by atoms with E-state index in [9.17, 15) is 0 Å². The van der Waals surface area contributed by atoms with Crippen molar-refractivity contribution in [2.24, 2.45) is 5.73 Å². The highest BCUT2D eigenvalue weighted by atomic mass is 35.5. The molecule has 0 spiro atoms. The smallest absolute Gasteiger partial charge is 0.203 e. The topological polar surface area (TPSA) is 57.0 Å². The van der Waals surface area contributed by atoms with Gasteiger partial charge in [0, 0.05) is 25.2 Å². The van der Waals surface area contributed by atoms with E-state index in [1.807, 2.05) is 12.1 Å². The summed E-state index contributed by atoms with van der Waals surface area (Å²) in [5.41, 5.74) is 7.19. The highest BCUT2D eigenvalue weighted by molar-refractivity contribution is 5.85. The van der Waals surface area contributed by atoms with Crippen LogP contribution in [0.4, 0.5) is 0 Å².